The molecule has 0 saturated carbocycles. The van der Waals surface area contributed by atoms with Crippen molar-refractivity contribution in [3.05, 3.63) is 89.7 Å². The number of anilines is 2. The van der Waals surface area contributed by atoms with Crippen LogP contribution < -0.4 is 15.5 Å². The molecule has 2 amide bonds. The Morgan fingerprint density at radius 1 is 0.968 bits per heavy atom. The van der Waals surface area contributed by atoms with E-state index >= 15 is 0 Å². The summed E-state index contributed by atoms with van der Waals surface area (Å²) in [4.78, 5) is 30.8. The normalized spacial score (nSPS) is 12.6. The van der Waals surface area contributed by atoms with Gasteiger partial charge in [-0.25, -0.2) is 4.79 Å². The Balaban J connectivity index is 1.27. The molecule has 0 spiro atoms. The van der Waals surface area contributed by atoms with Crippen molar-refractivity contribution in [1.29, 1.82) is 0 Å². The van der Waals surface area contributed by atoms with E-state index in [-0.39, 0.29) is 12.5 Å². The number of carbonyl (C=O) groups is 2. The number of nitrogens with zero attached hydrogens (tertiary/aromatic N) is 2. The maximum absolute atomic E-state index is 12.8. The van der Waals surface area contributed by atoms with Crippen LogP contribution in [0.15, 0.2) is 73.1 Å². The van der Waals surface area contributed by atoms with Crippen molar-refractivity contribution >= 4 is 23.4 Å². The lowest BCUT2D eigenvalue weighted by atomic mass is 10.1. The van der Waals surface area contributed by atoms with Gasteiger partial charge in [0.15, 0.2) is 0 Å². The van der Waals surface area contributed by atoms with E-state index in [4.69, 9.17) is 4.74 Å². The molecule has 1 aliphatic rings. The van der Waals surface area contributed by atoms with Crippen molar-refractivity contribution in [1.82, 2.24) is 10.3 Å². The summed E-state index contributed by atoms with van der Waals surface area (Å²) in [6.45, 7) is 2.47. The van der Waals surface area contributed by atoms with Crippen molar-refractivity contribution in [2.75, 3.05) is 23.3 Å². The van der Waals surface area contributed by atoms with Gasteiger partial charge in [-0.2, -0.15) is 0 Å². The first-order valence-corrected chi connectivity index (χ1v) is 10.2. The molecule has 0 unspecified atom stereocenters. The third-order valence-electron chi connectivity index (χ3n) is 5.09. The van der Waals surface area contributed by atoms with Gasteiger partial charge in [0.1, 0.15) is 6.61 Å². The maximum Gasteiger partial charge on any atom is 0.407 e. The highest BCUT2D eigenvalue weighted by Crippen LogP contribution is 2.25. The van der Waals surface area contributed by atoms with Gasteiger partial charge in [0.2, 0.25) is 0 Å². The molecule has 7 nitrogen and oxygen atoms in total. The topological polar surface area (TPSA) is 83.6 Å². The van der Waals surface area contributed by atoms with E-state index in [2.05, 4.69) is 20.5 Å². The van der Waals surface area contributed by atoms with Gasteiger partial charge in [-0.3, -0.25) is 9.78 Å². The van der Waals surface area contributed by atoms with Gasteiger partial charge in [0.05, 0.1) is 5.56 Å². The second-order valence-corrected chi connectivity index (χ2v) is 7.30. The molecule has 0 aliphatic carbocycles. The third-order valence-corrected chi connectivity index (χ3v) is 5.09. The summed E-state index contributed by atoms with van der Waals surface area (Å²) in [6, 6.07) is 18.7. The number of hydrogen-bond donors (Lipinski definition) is 2. The predicted molar refractivity (Wildman–Crippen MR) is 119 cm³/mol. The van der Waals surface area contributed by atoms with Crippen molar-refractivity contribution < 1.29 is 14.3 Å². The van der Waals surface area contributed by atoms with E-state index < -0.39 is 6.09 Å². The molecule has 0 radical (unpaired) electrons. The van der Waals surface area contributed by atoms with E-state index in [1.807, 2.05) is 54.6 Å². The van der Waals surface area contributed by atoms with Crippen molar-refractivity contribution in [2.45, 2.75) is 19.6 Å². The summed E-state index contributed by atoms with van der Waals surface area (Å²) >= 11 is 0. The first-order valence-electron chi connectivity index (χ1n) is 10.2. The van der Waals surface area contributed by atoms with Gasteiger partial charge in [0.25, 0.3) is 5.91 Å². The van der Waals surface area contributed by atoms with Crippen LogP contribution in [0.1, 0.15) is 27.9 Å². The van der Waals surface area contributed by atoms with E-state index in [9.17, 15) is 9.59 Å². The minimum atomic E-state index is -0.496. The smallest absolute Gasteiger partial charge is 0.407 e. The van der Waals surface area contributed by atoms with Crippen LogP contribution in [0, 0.1) is 0 Å². The number of ether oxygens (including phenoxy) is 1. The summed E-state index contributed by atoms with van der Waals surface area (Å²) in [7, 11) is 0. The van der Waals surface area contributed by atoms with E-state index in [1.165, 1.54) is 0 Å². The van der Waals surface area contributed by atoms with Gasteiger partial charge >= 0.3 is 6.09 Å². The Morgan fingerprint density at radius 3 is 2.48 bits per heavy atom. The summed E-state index contributed by atoms with van der Waals surface area (Å²) in [5.41, 5.74) is 4.07. The number of pyridine rings is 1. The van der Waals surface area contributed by atoms with Gasteiger partial charge in [-0.15, -0.1) is 0 Å². The molecule has 2 N–H and O–H groups in total. The molecule has 0 bridgehead atoms. The molecule has 2 aromatic carbocycles. The molecule has 2 heterocycles. The molecule has 1 aliphatic heterocycles. The fourth-order valence-electron chi connectivity index (χ4n) is 3.26. The number of alkyl carbamates (subject to hydrolysis) is 1. The Morgan fingerprint density at radius 2 is 1.77 bits per heavy atom. The van der Waals surface area contributed by atoms with Crippen LogP contribution in [0.3, 0.4) is 0 Å². The molecule has 158 valence electrons. The molecule has 7 heteroatoms. The minimum absolute atomic E-state index is 0.132. The Hall–Kier alpha value is -3.87. The van der Waals surface area contributed by atoms with E-state index in [1.54, 1.807) is 18.5 Å². The zero-order valence-electron chi connectivity index (χ0n) is 17.1. The lowest BCUT2D eigenvalue weighted by molar-refractivity contribution is 0.102. The predicted octanol–water partition coefficient (Wildman–Crippen LogP) is 3.97. The molecular weight excluding hydrogens is 392 g/mol. The fourth-order valence-corrected chi connectivity index (χ4v) is 3.26. The zero-order valence-corrected chi connectivity index (χ0v) is 17.1. The Bertz CT molecular complexity index is 1030. The Kier molecular flexibility index (Phi) is 6.42. The van der Waals surface area contributed by atoms with Gasteiger partial charge in [-0.1, -0.05) is 30.3 Å². The van der Waals surface area contributed by atoms with Crippen LogP contribution in [-0.2, 0) is 17.9 Å². The number of amides is 2. The van der Waals surface area contributed by atoms with Crippen molar-refractivity contribution in [3.63, 3.8) is 0 Å². The van der Waals surface area contributed by atoms with Crippen LogP contribution in [0.25, 0.3) is 0 Å². The van der Waals surface area contributed by atoms with Gasteiger partial charge < -0.3 is 20.3 Å². The Labute approximate surface area is 181 Å². The van der Waals surface area contributed by atoms with Crippen LogP contribution in [-0.4, -0.2) is 30.1 Å². The first-order chi connectivity index (χ1) is 15.2. The number of para-hydroxylation sites is 1. The molecule has 3 aromatic rings. The standard InChI is InChI=1S/C24H24N4O3/c29-23(21-6-1-2-7-22(21)28-13-4-14-28)27-20-10-8-18(9-11-20)16-26-24(30)31-17-19-5-3-12-25-15-19/h1-3,5-12,15H,4,13-14,16-17H2,(H,26,30)(H,27,29). The van der Waals surface area contributed by atoms with Crippen molar-refractivity contribution in [3.8, 4) is 0 Å². The minimum Gasteiger partial charge on any atom is -0.445 e. The molecule has 1 fully saturated rings. The van der Waals surface area contributed by atoms with Crippen molar-refractivity contribution in [2.24, 2.45) is 0 Å². The van der Waals surface area contributed by atoms with Crippen LogP contribution in [0.4, 0.5) is 16.2 Å². The average Bonchev–Trinajstić information content (AvgIpc) is 2.77. The summed E-state index contributed by atoms with van der Waals surface area (Å²) in [5, 5.41) is 5.66. The van der Waals surface area contributed by atoms with E-state index in [0.717, 1.165) is 36.3 Å². The number of aromatic nitrogens is 1. The third kappa shape index (κ3) is 5.39. The largest absolute Gasteiger partial charge is 0.445 e. The van der Waals surface area contributed by atoms with Gasteiger partial charge in [0, 0.05) is 49.0 Å². The molecule has 1 aromatic heterocycles. The highest BCUT2D eigenvalue weighted by Gasteiger charge is 2.20. The molecule has 0 atom stereocenters. The van der Waals surface area contributed by atoms with Crippen LogP contribution in [0.2, 0.25) is 0 Å². The summed E-state index contributed by atoms with van der Waals surface area (Å²) in [5.74, 6) is -0.132. The zero-order chi connectivity index (χ0) is 21.5. The lowest BCUT2D eigenvalue weighted by Gasteiger charge is -2.34. The molecule has 31 heavy (non-hydrogen) atoms. The summed E-state index contributed by atoms with van der Waals surface area (Å²) < 4.78 is 5.17. The number of nitrogens with one attached hydrogen (secondary N) is 2. The van der Waals surface area contributed by atoms with Crippen LogP contribution >= 0.6 is 0 Å². The first kappa shape index (κ1) is 20.4. The fraction of sp³-hybridized carbons (Fsp3) is 0.208. The summed E-state index contributed by atoms with van der Waals surface area (Å²) in [6.07, 6.45) is 3.98. The number of benzene rings is 2. The van der Waals surface area contributed by atoms with Crippen LogP contribution in [0.5, 0.6) is 0 Å². The highest BCUT2D eigenvalue weighted by atomic mass is 16.5. The monoisotopic (exact) mass is 416 g/mol. The lowest BCUT2D eigenvalue weighted by Crippen LogP contribution is -2.38. The van der Waals surface area contributed by atoms with E-state index in [0.29, 0.717) is 17.8 Å². The number of rotatable bonds is 7. The van der Waals surface area contributed by atoms with Gasteiger partial charge in [-0.05, 0) is 42.3 Å². The molecule has 1 saturated heterocycles. The highest BCUT2D eigenvalue weighted by molar-refractivity contribution is 6.08. The maximum atomic E-state index is 12.8. The average molecular weight is 416 g/mol. The number of carbonyl (C=O) groups excluding carboxylic acids is 2. The second kappa shape index (κ2) is 9.75. The molecular formula is C24H24N4O3. The second-order valence-electron chi connectivity index (χ2n) is 7.30. The number of hydrogen-bond acceptors (Lipinski definition) is 5. The SMILES string of the molecule is O=C(NCc1ccc(NC(=O)c2ccccc2N2CCC2)cc1)OCc1cccnc1. The molecule has 4 rings (SSSR count). The quantitative estimate of drug-likeness (QED) is 0.609.